The van der Waals surface area contributed by atoms with Gasteiger partial charge >= 0.3 is 0 Å². The Labute approximate surface area is 69.4 Å². The minimum absolute atomic E-state index is 0.958. The second kappa shape index (κ2) is 11.7. The summed E-state index contributed by atoms with van der Waals surface area (Å²) in [6.07, 6.45) is 5.05. The van der Waals surface area contributed by atoms with Gasteiger partial charge in [-0.3, -0.25) is 0 Å². The van der Waals surface area contributed by atoms with Crippen LogP contribution in [0.2, 0.25) is 0 Å². The summed E-state index contributed by atoms with van der Waals surface area (Å²) in [6, 6.07) is 0. The molecule has 2 heteroatoms. The van der Waals surface area contributed by atoms with E-state index in [0.717, 1.165) is 5.69 Å². The first kappa shape index (κ1) is 12.6. The maximum absolute atomic E-state index is 3.77. The SMILES string of the molecule is C=Cc1cnc[nH]1.CC.CC. The van der Waals surface area contributed by atoms with Crippen molar-refractivity contribution in [1.82, 2.24) is 9.97 Å². The van der Waals surface area contributed by atoms with Crippen molar-refractivity contribution in [2.24, 2.45) is 0 Å². The van der Waals surface area contributed by atoms with E-state index < -0.39 is 0 Å². The highest BCUT2D eigenvalue weighted by atomic mass is 14.8. The first-order valence-corrected chi connectivity index (χ1v) is 4.04. The molecule has 1 rings (SSSR count). The monoisotopic (exact) mass is 154 g/mol. The van der Waals surface area contributed by atoms with Crippen molar-refractivity contribution in [2.75, 3.05) is 0 Å². The number of nitrogens with zero attached hydrogens (tertiary/aromatic N) is 1. The number of hydrogen-bond acceptors (Lipinski definition) is 1. The molecule has 1 aromatic rings. The van der Waals surface area contributed by atoms with Gasteiger partial charge in [0.1, 0.15) is 0 Å². The summed E-state index contributed by atoms with van der Waals surface area (Å²) in [5, 5.41) is 0. The predicted molar refractivity (Wildman–Crippen MR) is 51.4 cm³/mol. The zero-order chi connectivity index (χ0) is 9.11. The number of rotatable bonds is 1. The van der Waals surface area contributed by atoms with E-state index in [1.807, 2.05) is 27.7 Å². The van der Waals surface area contributed by atoms with Crippen molar-refractivity contribution in [1.29, 1.82) is 0 Å². The number of imidazole rings is 1. The van der Waals surface area contributed by atoms with E-state index in [1.54, 1.807) is 18.6 Å². The summed E-state index contributed by atoms with van der Waals surface area (Å²) < 4.78 is 0. The Balaban J connectivity index is 0. The van der Waals surface area contributed by atoms with Crippen molar-refractivity contribution in [3.8, 4) is 0 Å². The highest BCUT2D eigenvalue weighted by Crippen LogP contribution is 1.88. The van der Waals surface area contributed by atoms with Crippen LogP contribution in [0.1, 0.15) is 33.4 Å². The molecule has 64 valence electrons. The molecule has 0 fully saturated rings. The van der Waals surface area contributed by atoms with Gasteiger partial charge in [-0.15, -0.1) is 0 Å². The van der Waals surface area contributed by atoms with E-state index in [1.165, 1.54) is 0 Å². The number of nitrogens with one attached hydrogen (secondary N) is 1. The average molecular weight is 154 g/mol. The fourth-order valence-corrected chi connectivity index (χ4v) is 0.378. The van der Waals surface area contributed by atoms with E-state index >= 15 is 0 Å². The third kappa shape index (κ3) is 6.84. The Bertz CT molecular complexity index is 143. The van der Waals surface area contributed by atoms with Gasteiger partial charge in [0.2, 0.25) is 0 Å². The summed E-state index contributed by atoms with van der Waals surface area (Å²) in [4.78, 5) is 6.62. The third-order valence-corrected chi connectivity index (χ3v) is 0.739. The lowest BCUT2D eigenvalue weighted by atomic mass is 10.5. The fraction of sp³-hybridized carbons (Fsp3) is 0.444. The summed E-state index contributed by atoms with van der Waals surface area (Å²) in [5.41, 5.74) is 0.958. The van der Waals surface area contributed by atoms with Crippen LogP contribution in [-0.4, -0.2) is 9.97 Å². The molecule has 0 atom stereocenters. The van der Waals surface area contributed by atoms with Gasteiger partial charge < -0.3 is 4.98 Å². The van der Waals surface area contributed by atoms with Crippen LogP contribution < -0.4 is 0 Å². The maximum atomic E-state index is 3.77. The minimum atomic E-state index is 0.958. The van der Waals surface area contributed by atoms with E-state index in [0.29, 0.717) is 0 Å². The smallest absolute Gasteiger partial charge is 0.0924 e. The highest BCUT2D eigenvalue weighted by Gasteiger charge is 1.77. The van der Waals surface area contributed by atoms with Crippen molar-refractivity contribution in [3.05, 3.63) is 24.8 Å². The number of aromatic amines is 1. The fourth-order valence-electron chi connectivity index (χ4n) is 0.378. The van der Waals surface area contributed by atoms with Gasteiger partial charge in [0, 0.05) is 0 Å². The Morgan fingerprint density at radius 2 is 1.91 bits per heavy atom. The topological polar surface area (TPSA) is 28.7 Å². The molecule has 0 amide bonds. The van der Waals surface area contributed by atoms with Crippen LogP contribution in [0.25, 0.3) is 6.08 Å². The van der Waals surface area contributed by atoms with E-state index in [-0.39, 0.29) is 0 Å². The van der Waals surface area contributed by atoms with E-state index in [4.69, 9.17) is 0 Å². The van der Waals surface area contributed by atoms with Gasteiger partial charge in [-0.2, -0.15) is 0 Å². The lowest BCUT2D eigenvalue weighted by Gasteiger charge is -1.72. The van der Waals surface area contributed by atoms with Crippen LogP contribution in [0.3, 0.4) is 0 Å². The summed E-state index contributed by atoms with van der Waals surface area (Å²) in [6.45, 7) is 11.5. The molecule has 1 aromatic heterocycles. The molecule has 1 heterocycles. The van der Waals surface area contributed by atoms with Gasteiger partial charge in [0.25, 0.3) is 0 Å². The van der Waals surface area contributed by atoms with Crippen LogP contribution in [0.15, 0.2) is 19.1 Å². The molecule has 0 saturated heterocycles. The normalized spacial score (nSPS) is 6.55. The Kier molecular flexibility index (Phi) is 13.4. The van der Waals surface area contributed by atoms with Crippen LogP contribution in [-0.2, 0) is 0 Å². The van der Waals surface area contributed by atoms with Crippen LogP contribution >= 0.6 is 0 Å². The second-order valence-corrected chi connectivity index (χ2v) is 1.21. The van der Waals surface area contributed by atoms with Crippen molar-refractivity contribution < 1.29 is 0 Å². The van der Waals surface area contributed by atoms with Gasteiger partial charge in [0.05, 0.1) is 18.2 Å². The summed E-state index contributed by atoms with van der Waals surface area (Å²) in [5.74, 6) is 0. The largest absolute Gasteiger partial charge is 0.345 e. The minimum Gasteiger partial charge on any atom is -0.345 e. The second-order valence-electron chi connectivity index (χ2n) is 1.21. The molecule has 1 N–H and O–H groups in total. The first-order chi connectivity index (χ1) is 5.43. The van der Waals surface area contributed by atoms with Gasteiger partial charge in [0.15, 0.2) is 0 Å². The first-order valence-electron chi connectivity index (χ1n) is 4.04. The number of aromatic nitrogens is 2. The summed E-state index contributed by atoms with van der Waals surface area (Å²) >= 11 is 0. The van der Waals surface area contributed by atoms with Gasteiger partial charge in [-0.1, -0.05) is 34.3 Å². The zero-order valence-corrected chi connectivity index (χ0v) is 7.89. The molecule has 0 bridgehead atoms. The molecule has 0 aliphatic heterocycles. The average Bonchev–Trinajstić information content (AvgIpc) is 2.63. The highest BCUT2D eigenvalue weighted by molar-refractivity contribution is 5.38. The zero-order valence-electron chi connectivity index (χ0n) is 7.89. The number of H-pyrrole nitrogens is 1. The van der Waals surface area contributed by atoms with Crippen molar-refractivity contribution >= 4 is 6.08 Å². The van der Waals surface area contributed by atoms with E-state index in [9.17, 15) is 0 Å². The van der Waals surface area contributed by atoms with Crippen molar-refractivity contribution in [2.45, 2.75) is 27.7 Å². The maximum Gasteiger partial charge on any atom is 0.0924 e. The molecule has 0 aromatic carbocycles. The molecule has 0 unspecified atom stereocenters. The van der Waals surface area contributed by atoms with Gasteiger partial charge in [-0.25, -0.2) is 4.98 Å². The van der Waals surface area contributed by atoms with E-state index in [2.05, 4.69) is 16.5 Å². The predicted octanol–water partition coefficient (Wildman–Crippen LogP) is 3.11. The lowest BCUT2D eigenvalue weighted by Crippen LogP contribution is -1.61. The molecule has 0 spiro atoms. The molecular formula is C9H18N2. The van der Waals surface area contributed by atoms with Crippen LogP contribution in [0.4, 0.5) is 0 Å². The Morgan fingerprint density at radius 1 is 1.36 bits per heavy atom. The third-order valence-electron chi connectivity index (χ3n) is 0.739. The molecule has 11 heavy (non-hydrogen) atoms. The molecule has 0 aliphatic rings. The molecule has 0 radical (unpaired) electrons. The Hall–Kier alpha value is -1.05. The lowest BCUT2D eigenvalue weighted by molar-refractivity contribution is 1.31. The molecular weight excluding hydrogens is 136 g/mol. The molecule has 0 aliphatic carbocycles. The van der Waals surface area contributed by atoms with Crippen molar-refractivity contribution in [3.63, 3.8) is 0 Å². The standard InChI is InChI=1S/C5H6N2.2C2H6/c1-2-5-3-6-4-7-5;2*1-2/h2-4H,1H2,(H,6,7);2*1-2H3. The molecule has 2 nitrogen and oxygen atoms in total. The van der Waals surface area contributed by atoms with Crippen LogP contribution in [0, 0.1) is 0 Å². The molecule has 0 saturated carbocycles. The Morgan fingerprint density at radius 3 is 2.09 bits per heavy atom. The summed E-state index contributed by atoms with van der Waals surface area (Å²) in [7, 11) is 0. The van der Waals surface area contributed by atoms with Crippen LogP contribution in [0.5, 0.6) is 0 Å². The number of hydrogen-bond donors (Lipinski definition) is 1. The van der Waals surface area contributed by atoms with Gasteiger partial charge in [-0.05, 0) is 6.08 Å². The quantitative estimate of drug-likeness (QED) is 0.661.